The third-order valence-electron chi connectivity index (χ3n) is 4.86. The molecule has 0 heterocycles. The van der Waals surface area contributed by atoms with E-state index in [0.29, 0.717) is 17.9 Å². The standard InChI is InChI=1S/C16H32N2O2S/c1-13(2)15-7-3-4-8-16(15)18-21(19,20)12-6-5-11-17-14-9-10-14/h13-18H,3-12H2,1-2H3. The van der Waals surface area contributed by atoms with Gasteiger partial charge in [-0.3, -0.25) is 0 Å². The van der Waals surface area contributed by atoms with Crippen LogP contribution >= 0.6 is 0 Å². The van der Waals surface area contributed by atoms with E-state index in [0.717, 1.165) is 38.6 Å². The van der Waals surface area contributed by atoms with Crippen LogP contribution in [0.4, 0.5) is 0 Å². The Morgan fingerprint density at radius 1 is 1.05 bits per heavy atom. The minimum Gasteiger partial charge on any atom is -0.314 e. The Balaban J connectivity index is 1.70. The molecular weight excluding hydrogens is 284 g/mol. The first-order chi connectivity index (χ1) is 9.98. The summed E-state index contributed by atoms with van der Waals surface area (Å²) in [4.78, 5) is 0. The zero-order chi connectivity index (χ0) is 15.3. The minimum absolute atomic E-state index is 0.160. The molecule has 2 aliphatic rings. The molecular formula is C16H32N2O2S. The van der Waals surface area contributed by atoms with Crippen molar-refractivity contribution in [3.63, 3.8) is 0 Å². The molecule has 2 N–H and O–H groups in total. The van der Waals surface area contributed by atoms with E-state index in [1.54, 1.807) is 0 Å². The summed E-state index contributed by atoms with van der Waals surface area (Å²) in [5.41, 5.74) is 0. The average Bonchev–Trinajstić information content (AvgIpc) is 3.22. The van der Waals surface area contributed by atoms with Gasteiger partial charge in [0.2, 0.25) is 10.0 Å². The number of nitrogens with one attached hydrogen (secondary N) is 2. The van der Waals surface area contributed by atoms with Crippen LogP contribution in [-0.2, 0) is 10.0 Å². The van der Waals surface area contributed by atoms with Gasteiger partial charge < -0.3 is 5.32 Å². The first kappa shape index (κ1) is 17.2. The minimum atomic E-state index is -3.11. The Kier molecular flexibility index (Phi) is 6.51. The zero-order valence-corrected chi connectivity index (χ0v) is 14.4. The van der Waals surface area contributed by atoms with Crippen LogP contribution in [-0.4, -0.2) is 32.8 Å². The summed E-state index contributed by atoms with van der Waals surface area (Å²) in [5, 5.41) is 3.43. The number of hydrogen-bond acceptors (Lipinski definition) is 3. The highest BCUT2D eigenvalue weighted by Gasteiger charge is 2.30. The molecule has 2 aliphatic carbocycles. The molecule has 0 radical (unpaired) electrons. The summed E-state index contributed by atoms with van der Waals surface area (Å²) in [6.45, 7) is 5.37. The topological polar surface area (TPSA) is 58.2 Å². The van der Waals surface area contributed by atoms with Gasteiger partial charge >= 0.3 is 0 Å². The molecule has 21 heavy (non-hydrogen) atoms. The van der Waals surface area contributed by atoms with E-state index in [1.165, 1.54) is 19.3 Å². The van der Waals surface area contributed by atoms with Crippen LogP contribution in [0.3, 0.4) is 0 Å². The SMILES string of the molecule is CC(C)C1CCCCC1NS(=O)(=O)CCCCNC1CC1. The lowest BCUT2D eigenvalue weighted by molar-refractivity contribution is 0.226. The van der Waals surface area contributed by atoms with Crippen molar-refractivity contribution >= 4 is 10.0 Å². The van der Waals surface area contributed by atoms with Gasteiger partial charge in [-0.1, -0.05) is 26.7 Å². The predicted octanol–water partition coefficient (Wildman–Crippen LogP) is 2.65. The quantitative estimate of drug-likeness (QED) is 0.643. The van der Waals surface area contributed by atoms with Gasteiger partial charge in [0.25, 0.3) is 0 Å². The van der Waals surface area contributed by atoms with Crippen molar-refractivity contribution in [1.29, 1.82) is 0 Å². The van der Waals surface area contributed by atoms with Crippen LogP contribution in [0.1, 0.15) is 65.2 Å². The highest BCUT2D eigenvalue weighted by Crippen LogP contribution is 2.30. The molecule has 0 spiro atoms. The Labute approximate surface area is 130 Å². The molecule has 4 nitrogen and oxygen atoms in total. The van der Waals surface area contributed by atoms with Gasteiger partial charge in [0, 0.05) is 12.1 Å². The predicted molar refractivity (Wildman–Crippen MR) is 87.8 cm³/mol. The van der Waals surface area contributed by atoms with Gasteiger partial charge in [-0.25, -0.2) is 13.1 Å². The third kappa shape index (κ3) is 6.25. The molecule has 0 aromatic carbocycles. The number of sulfonamides is 1. The molecule has 124 valence electrons. The van der Waals surface area contributed by atoms with Gasteiger partial charge in [0.1, 0.15) is 0 Å². The molecule has 2 rings (SSSR count). The van der Waals surface area contributed by atoms with Crippen molar-refractivity contribution in [3.8, 4) is 0 Å². The number of rotatable bonds is 9. The summed E-state index contributed by atoms with van der Waals surface area (Å²) in [7, 11) is -3.11. The Hall–Kier alpha value is -0.130. The maximum absolute atomic E-state index is 12.2. The molecule has 2 fully saturated rings. The number of hydrogen-bond donors (Lipinski definition) is 2. The maximum Gasteiger partial charge on any atom is 0.211 e. The summed E-state index contributed by atoms with van der Waals surface area (Å²) < 4.78 is 27.5. The van der Waals surface area contributed by atoms with Crippen LogP contribution in [0.25, 0.3) is 0 Å². The first-order valence-corrected chi connectivity index (χ1v) is 10.4. The van der Waals surface area contributed by atoms with Crippen molar-refractivity contribution in [2.24, 2.45) is 11.8 Å². The molecule has 2 atom stereocenters. The fourth-order valence-electron chi connectivity index (χ4n) is 3.40. The molecule has 2 unspecified atom stereocenters. The van der Waals surface area contributed by atoms with Gasteiger partial charge in [0.15, 0.2) is 0 Å². The van der Waals surface area contributed by atoms with Crippen LogP contribution in [0, 0.1) is 11.8 Å². The highest BCUT2D eigenvalue weighted by molar-refractivity contribution is 7.89. The lowest BCUT2D eigenvalue weighted by atomic mass is 9.78. The van der Waals surface area contributed by atoms with Crippen LogP contribution in [0.2, 0.25) is 0 Å². The Morgan fingerprint density at radius 2 is 1.76 bits per heavy atom. The maximum atomic E-state index is 12.2. The van der Waals surface area contributed by atoms with Crippen molar-refractivity contribution in [2.45, 2.75) is 77.3 Å². The second-order valence-corrected chi connectivity index (χ2v) is 9.04. The zero-order valence-electron chi connectivity index (χ0n) is 13.6. The van der Waals surface area contributed by atoms with Crippen molar-refractivity contribution in [3.05, 3.63) is 0 Å². The van der Waals surface area contributed by atoms with Crippen LogP contribution in [0.15, 0.2) is 0 Å². The molecule has 0 aromatic rings. The molecule has 0 bridgehead atoms. The largest absolute Gasteiger partial charge is 0.314 e. The van der Waals surface area contributed by atoms with Crippen molar-refractivity contribution < 1.29 is 8.42 Å². The second-order valence-electron chi connectivity index (χ2n) is 7.17. The van der Waals surface area contributed by atoms with Gasteiger partial charge in [-0.2, -0.15) is 0 Å². The van der Waals surface area contributed by atoms with Gasteiger partial charge in [-0.15, -0.1) is 0 Å². The fraction of sp³-hybridized carbons (Fsp3) is 1.00. The van der Waals surface area contributed by atoms with E-state index in [9.17, 15) is 8.42 Å². The second kappa shape index (κ2) is 7.93. The summed E-state index contributed by atoms with van der Waals surface area (Å²) >= 11 is 0. The van der Waals surface area contributed by atoms with Gasteiger partial charge in [0.05, 0.1) is 5.75 Å². The van der Waals surface area contributed by atoms with Crippen molar-refractivity contribution in [2.75, 3.05) is 12.3 Å². The van der Waals surface area contributed by atoms with E-state index in [2.05, 4.69) is 23.9 Å². The van der Waals surface area contributed by atoms with E-state index in [-0.39, 0.29) is 11.8 Å². The summed E-state index contributed by atoms with van der Waals surface area (Å²) in [6, 6.07) is 0.877. The summed E-state index contributed by atoms with van der Waals surface area (Å²) in [6.07, 6.45) is 8.86. The van der Waals surface area contributed by atoms with Gasteiger partial charge in [-0.05, 0) is 56.9 Å². The molecule has 0 saturated heterocycles. The Bertz CT molecular complexity index is 405. The molecule has 2 saturated carbocycles. The highest BCUT2D eigenvalue weighted by atomic mass is 32.2. The smallest absolute Gasteiger partial charge is 0.211 e. The van der Waals surface area contributed by atoms with E-state index < -0.39 is 10.0 Å². The first-order valence-electron chi connectivity index (χ1n) is 8.71. The van der Waals surface area contributed by atoms with E-state index in [4.69, 9.17) is 0 Å². The number of unbranched alkanes of at least 4 members (excludes halogenated alkanes) is 1. The van der Waals surface area contributed by atoms with E-state index >= 15 is 0 Å². The lowest BCUT2D eigenvalue weighted by Gasteiger charge is -2.34. The van der Waals surface area contributed by atoms with Crippen molar-refractivity contribution in [1.82, 2.24) is 10.0 Å². The monoisotopic (exact) mass is 316 g/mol. The normalized spacial score (nSPS) is 27.2. The van der Waals surface area contributed by atoms with E-state index in [1.807, 2.05) is 0 Å². The molecule has 0 amide bonds. The van der Waals surface area contributed by atoms with Crippen LogP contribution in [0.5, 0.6) is 0 Å². The fourth-order valence-corrected chi connectivity index (χ4v) is 4.86. The lowest BCUT2D eigenvalue weighted by Crippen LogP contribution is -2.44. The molecule has 5 heteroatoms. The van der Waals surface area contributed by atoms with Crippen LogP contribution < -0.4 is 10.0 Å². The summed E-state index contributed by atoms with van der Waals surface area (Å²) in [5.74, 6) is 1.34. The third-order valence-corrected chi connectivity index (χ3v) is 6.34. The molecule has 0 aliphatic heterocycles. The average molecular weight is 317 g/mol. The Morgan fingerprint density at radius 3 is 2.43 bits per heavy atom. The molecule has 0 aromatic heterocycles.